The van der Waals surface area contributed by atoms with Gasteiger partial charge in [0.15, 0.2) is 5.78 Å². The number of β-amino-alcohol motifs (C(OH)–C–C–N with tert-alkyl or cyclic N) is 1. The number of ketones is 1. The fourth-order valence-corrected chi connectivity index (χ4v) is 11.8. The van der Waals surface area contributed by atoms with Crippen molar-refractivity contribution >= 4 is 5.78 Å². The van der Waals surface area contributed by atoms with Gasteiger partial charge >= 0.3 is 0 Å². The number of piperidine rings is 1. The number of carbonyl (C=O) groups excluding carboxylic acids is 1. The average Bonchev–Trinajstić information content (AvgIpc) is 3.31. The molecular formula is C40H49NO3. The highest BCUT2D eigenvalue weighted by molar-refractivity contribution is 6.14. The molecule has 8 atom stereocenters. The van der Waals surface area contributed by atoms with Gasteiger partial charge in [-0.1, -0.05) is 93.1 Å². The van der Waals surface area contributed by atoms with Gasteiger partial charge in [0, 0.05) is 33.9 Å². The molecule has 7 aliphatic rings. The van der Waals surface area contributed by atoms with E-state index in [4.69, 9.17) is 0 Å². The summed E-state index contributed by atoms with van der Waals surface area (Å²) >= 11 is 0. The largest absolute Gasteiger partial charge is 0.393 e. The van der Waals surface area contributed by atoms with Gasteiger partial charge in [0.25, 0.3) is 0 Å². The number of nitrogens with zero attached hydrogens (tertiary/aromatic N) is 1. The second kappa shape index (κ2) is 9.98. The lowest BCUT2D eigenvalue weighted by atomic mass is 9.32. The molecule has 4 nitrogen and oxygen atoms in total. The molecule has 8 unspecified atom stereocenters. The Morgan fingerprint density at radius 1 is 0.841 bits per heavy atom. The standard InChI is InChI=1S/C40H49NO3/c1-36-18-15-29(42)25-38(36)21-22-40(32(26-38)35(43)31-14-8-7-13-30(31)28-11-5-3-6-12-28)33(36)16-19-37(2)34(40)17-20-39(37,44)27-41-23-9-4-10-24-41/h3,5-8,11-14,21-22,26,29,33-34,42,44H,4,9-10,15-20,23-25,27H2,1-2H3. The van der Waals surface area contributed by atoms with E-state index in [1.807, 2.05) is 36.4 Å². The van der Waals surface area contributed by atoms with Crippen LogP contribution in [0.2, 0.25) is 0 Å². The van der Waals surface area contributed by atoms with Crippen molar-refractivity contribution in [1.29, 1.82) is 0 Å². The van der Waals surface area contributed by atoms with Crippen LogP contribution in [0, 0.1) is 33.5 Å². The summed E-state index contributed by atoms with van der Waals surface area (Å²) in [6, 6.07) is 18.4. The Morgan fingerprint density at radius 2 is 1.52 bits per heavy atom. The molecule has 1 saturated heterocycles. The molecule has 6 aliphatic carbocycles. The molecular weight excluding hydrogens is 542 g/mol. The number of aliphatic hydroxyl groups excluding tert-OH is 1. The first-order valence-electron chi connectivity index (χ1n) is 17.4. The first kappa shape index (κ1) is 28.9. The van der Waals surface area contributed by atoms with E-state index < -0.39 is 11.0 Å². The third-order valence-electron chi connectivity index (χ3n) is 14.1. The van der Waals surface area contributed by atoms with Gasteiger partial charge in [-0.25, -0.2) is 0 Å². The highest BCUT2D eigenvalue weighted by Gasteiger charge is 2.74. The molecule has 1 heterocycles. The van der Waals surface area contributed by atoms with Crippen LogP contribution in [0.5, 0.6) is 0 Å². The molecule has 1 aliphatic heterocycles. The molecule has 2 bridgehead atoms. The minimum absolute atomic E-state index is 0.0153. The van der Waals surface area contributed by atoms with E-state index in [2.05, 4.69) is 55.2 Å². The maximum Gasteiger partial charge on any atom is 0.190 e. The maximum atomic E-state index is 15.2. The molecule has 2 spiro atoms. The summed E-state index contributed by atoms with van der Waals surface area (Å²) in [5.41, 5.74) is 1.97. The Hall–Kier alpha value is -2.53. The van der Waals surface area contributed by atoms with Crippen LogP contribution < -0.4 is 0 Å². The highest BCUT2D eigenvalue weighted by atomic mass is 16.3. The highest BCUT2D eigenvalue weighted by Crippen LogP contribution is 2.78. The molecule has 4 fully saturated rings. The predicted molar refractivity (Wildman–Crippen MR) is 175 cm³/mol. The first-order chi connectivity index (χ1) is 21.2. The fraction of sp³-hybridized carbons (Fsp3) is 0.575. The summed E-state index contributed by atoms with van der Waals surface area (Å²) in [5.74, 6) is 0.646. The van der Waals surface area contributed by atoms with E-state index in [9.17, 15) is 10.2 Å². The Balaban J connectivity index is 1.28. The molecule has 0 radical (unpaired) electrons. The fourth-order valence-electron chi connectivity index (χ4n) is 11.8. The third kappa shape index (κ3) is 3.77. The summed E-state index contributed by atoms with van der Waals surface area (Å²) in [5, 5.41) is 23.7. The number of allylic oxidation sites excluding steroid dienone is 4. The number of rotatable bonds is 5. The van der Waals surface area contributed by atoms with Crippen molar-refractivity contribution < 1.29 is 15.0 Å². The van der Waals surface area contributed by atoms with Gasteiger partial charge in [-0.3, -0.25) is 4.79 Å². The summed E-state index contributed by atoms with van der Waals surface area (Å²) in [4.78, 5) is 17.7. The Kier molecular flexibility index (Phi) is 6.56. The van der Waals surface area contributed by atoms with E-state index in [1.54, 1.807) is 0 Å². The SMILES string of the molecule is CC12CCC(O)CC13C=CC1(C(C(=O)c4ccccc4-c4ccccc4)=C3)C2CCC2(C)C1CCC2(O)CN1CCCCC1. The number of hydrogen-bond acceptors (Lipinski definition) is 4. The molecule has 9 rings (SSSR count). The van der Waals surface area contributed by atoms with Gasteiger partial charge in [-0.05, 0) is 99.3 Å². The van der Waals surface area contributed by atoms with Crippen molar-refractivity contribution in [3.05, 3.63) is 84.0 Å². The topological polar surface area (TPSA) is 60.8 Å². The van der Waals surface area contributed by atoms with Crippen LogP contribution in [0.25, 0.3) is 11.1 Å². The number of hydrogen-bond donors (Lipinski definition) is 2. The number of benzene rings is 2. The average molecular weight is 592 g/mol. The molecule has 2 aromatic carbocycles. The van der Waals surface area contributed by atoms with Crippen LogP contribution in [0.15, 0.2) is 78.4 Å². The molecule has 0 aromatic heterocycles. The van der Waals surface area contributed by atoms with Crippen molar-refractivity contribution in [2.24, 2.45) is 33.5 Å². The molecule has 2 aromatic rings. The summed E-state index contributed by atoms with van der Waals surface area (Å²) in [7, 11) is 0. The van der Waals surface area contributed by atoms with Gasteiger partial charge in [0.1, 0.15) is 0 Å². The number of carbonyl (C=O) groups is 1. The van der Waals surface area contributed by atoms with E-state index in [1.165, 1.54) is 19.3 Å². The zero-order valence-corrected chi connectivity index (χ0v) is 26.6. The summed E-state index contributed by atoms with van der Waals surface area (Å²) < 4.78 is 0. The van der Waals surface area contributed by atoms with Crippen molar-refractivity contribution in [1.82, 2.24) is 4.90 Å². The van der Waals surface area contributed by atoms with Gasteiger partial charge < -0.3 is 15.1 Å². The van der Waals surface area contributed by atoms with Gasteiger partial charge in [0.2, 0.25) is 0 Å². The molecule has 2 N–H and O–H groups in total. The van der Waals surface area contributed by atoms with Crippen LogP contribution in [0.4, 0.5) is 0 Å². The Bertz CT molecular complexity index is 1520. The van der Waals surface area contributed by atoms with E-state index in [0.717, 1.165) is 80.4 Å². The molecule has 0 amide bonds. The lowest BCUT2D eigenvalue weighted by molar-refractivity contribution is -0.176. The lowest BCUT2D eigenvalue weighted by Gasteiger charge is -2.71. The van der Waals surface area contributed by atoms with Crippen molar-refractivity contribution in [3.63, 3.8) is 0 Å². The van der Waals surface area contributed by atoms with Gasteiger partial charge in [-0.15, -0.1) is 0 Å². The zero-order valence-electron chi connectivity index (χ0n) is 26.6. The van der Waals surface area contributed by atoms with Crippen LogP contribution in [0.3, 0.4) is 0 Å². The molecule has 44 heavy (non-hydrogen) atoms. The maximum absolute atomic E-state index is 15.2. The zero-order chi connectivity index (χ0) is 30.4. The van der Waals surface area contributed by atoms with Crippen LogP contribution in [-0.4, -0.2) is 52.2 Å². The number of aliphatic hydroxyl groups is 2. The van der Waals surface area contributed by atoms with E-state index in [-0.39, 0.29) is 34.1 Å². The number of Topliss-reactive ketones (excluding diaryl/α,β-unsaturated/α-hetero) is 1. The summed E-state index contributed by atoms with van der Waals surface area (Å²) in [6.07, 6.45) is 16.8. The molecule has 232 valence electrons. The Morgan fingerprint density at radius 3 is 2.32 bits per heavy atom. The van der Waals surface area contributed by atoms with Gasteiger partial charge in [-0.2, -0.15) is 0 Å². The smallest absolute Gasteiger partial charge is 0.190 e. The van der Waals surface area contributed by atoms with Crippen molar-refractivity contribution in [3.8, 4) is 11.1 Å². The van der Waals surface area contributed by atoms with Gasteiger partial charge in [0.05, 0.1) is 11.7 Å². The van der Waals surface area contributed by atoms with Crippen molar-refractivity contribution in [2.45, 2.75) is 89.8 Å². The molecule has 3 saturated carbocycles. The Labute approximate surface area is 263 Å². The van der Waals surface area contributed by atoms with Crippen LogP contribution in [-0.2, 0) is 0 Å². The first-order valence-corrected chi connectivity index (χ1v) is 17.4. The minimum Gasteiger partial charge on any atom is -0.393 e. The number of likely N-dealkylation sites (tertiary alicyclic amines) is 1. The van der Waals surface area contributed by atoms with Crippen LogP contribution in [0.1, 0.15) is 88.4 Å². The predicted octanol–water partition coefficient (Wildman–Crippen LogP) is 7.61. The van der Waals surface area contributed by atoms with E-state index >= 15 is 4.79 Å². The third-order valence-corrected chi connectivity index (χ3v) is 14.1. The monoisotopic (exact) mass is 591 g/mol. The molecule has 4 heteroatoms. The van der Waals surface area contributed by atoms with E-state index in [0.29, 0.717) is 12.3 Å². The van der Waals surface area contributed by atoms with Crippen molar-refractivity contribution in [2.75, 3.05) is 19.6 Å². The van der Waals surface area contributed by atoms with Crippen LogP contribution >= 0.6 is 0 Å². The second-order valence-electron chi connectivity index (χ2n) is 15.9. The number of fused-ring (bicyclic) bond motifs is 1. The quantitative estimate of drug-likeness (QED) is 0.278. The minimum atomic E-state index is -0.756. The normalized spacial score (nSPS) is 42.7. The lowest BCUT2D eigenvalue weighted by Crippen LogP contribution is -2.67. The summed E-state index contributed by atoms with van der Waals surface area (Å²) in [6.45, 7) is 7.76. The second-order valence-corrected chi connectivity index (χ2v) is 15.9.